The Morgan fingerprint density at radius 3 is 2.44 bits per heavy atom. The molecule has 0 bridgehead atoms. The number of sulfonamides is 1. The summed E-state index contributed by atoms with van der Waals surface area (Å²) in [4.78, 5) is 12.3. The summed E-state index contributed by atoms with van der Waals surface area (Å²) in [5, 5.41) is 2.73. The first-order valence-corrected chi connectivity index (χ1v) is 10.3. The van der Waals surface area contributed by atoms with Gasteiger partial charge < -0.3 is 14.8 Å². The standard InChI is InChI=1S/C19H22N2O5S/c22-19(10-15-27(23,24)21-11-13-25-14-12-21)20-17-8-4-5-9-18(17)26-16-6-2-1-3-7-16/h1-9H,10-15H2,(H,20,22). The molecule has 144 valence electrons. The van der Waals surface area contributed by atoms with Gasteiger partial charge in [-0.1, -0.05) is 30.3 Å². The van der Waals surface area contributed by atoms with Crippen LogP contribution in [0, 0.1) is 0 Å². The molecule has 0 radical (unpaired) electrons. The van der Waals surface area contributed by atoms with Gasteiger partial charge in [0, 0.05) is 19.5 Å². The lowest BCUT2D eigenvalue weighted by Crippen LogP contribution is -2.42. The molecule has 0 saturated carbocycles. The van der Waals surface area contributed by atoms with Crippen LogP contribution in [-0.2, 0) is 19.6 Å². The Hall–Kier alpha value is -2.42. The molecular formula is C19H22N2O5S. The van der Waals surface area contributed by atoms with E-state index < -0.39 is 10.0 Å². The summed E-state index contributed by atoms with van der Waals surface area (Å²) in [6, 6.07) is 16.3. The lowest BCUT2D eigenvalue weighted by atomic mass is 10.2. The van der Waals surface area contributed by atoms with Crippen molar-refractivity contribution in [2.75, 3.05) is 37.4 Å². The average Bonchev–Trinajstić information content (AvgIpc) is 2.69. The van der Waals surface area contributed by atoms with E-state index in [1.807, 2.05) is 30.3 Å². The van der Waals surface area contributed by atoms with E-state index in [-0.39, 0.29) is 18.1 Å². The first-order chi connectivity index (χ1) is 13.0. The third-order valence-electron chi connectivity index (χ3n) is 4.08. The maximum Gasteiger partial charge on any atom is 0.225 e. The minimum absolute atomic E-state index is 0.126. The van der Waals surface area contributed by atoms with Crippen LogP contribution in [0.25, 0.3) is 0 Å². The Labute approximate surface area is 158 Å². The van der Waals surface area contributed by atoms with Crippen molar-refractivity contribution in [2.45, 2.75) is 6.42 Å². The number of carbonyl (C=O) groups excluding carboxylic acids is 1. The molecule has 1 fully saturated rings. The second-order valence-electron chi connectivity index (χ2n) is 6.04. The normalized spacial score (nSPS) is 15.3. The quantitative estimate of drug-likeness (QED) is 0.785. The average molecular weight is 390 g/mol. The molecule has 1 N–H and O–H groups in total. The highest BCUT2D eigenvalue weighted by molar-refractivity contribution is 7.89. The lowest BCUT2D eigenvalue weighted by molar-refractivity contribution is -0.115. The predicted octanol–water partition coefficient (Wildman–Crippen LogP) is 2.47. The molecular weight excluding hydrogens is 368 g/mol. The Kier molecular flexibility index (Phi) is 6.44. The number of ether oxygens (including phenoxy) is 2. The van der Waals surface area contributed by atoms with Gasteiger partial charge in [0.2, 0.25) is 15.9 Å². The number of para-hydroxylation sites is 3. The number of anilines is 1. The van der Waals surface area contributed by atoms with Gasteiger partial charge in [-0.25, -0.2) is 8.42 Å². The van der Waals surface area contributed by atoms with Gasteiger partial charge in [0.15, 0.2) is 5.75 Å². The van der Waals surface area contributed by atoms with Gasteiger partial charge >= 0.3 is 0 Å². The Balaban J connectivity index is 1.59. The number of nitrogens with one attached hydrogen (secondary N) is 1. The van der Waals surface area contributed by atoms with Crippen LogP contribution in [0.4, 0.5) is 5.69 Å². The molecule has 0 atom stereocenters. The molecule has 1 amide bonds. The zero-order valence-electron chi connectivity index (χ0n) is 14.8. The summed E-state index contributed by atoms with van der Waals surface area (Å²) in [5.41, 5.74) is 0.495. The van der Waals surface area contributed by atoms with Crippen LogP contribution in [-0.4, -0.2) is 50.7 Å². The minimum Gasteiger partial charge on any atom is -0.455 e. The van der Waals surface area contributed by atoms with Gasteiger partial charge in [-0.15, -0.1) is 0 Å². The number of nitrogens with zero attached hydrogens (tertiary/aromatic N) is 1. The van der Waals surface area contributed by atoms with Crippen molar-refractivity contribution in [3.8, 4) is 11.5 Å². The van der Waals surface area contributed by atoms with E-state index in [0.717, 1.165) is 0 Å². The second kappa shape index (κ2) is 8.98. The smallest absolute Gasteiger partial charge is 0.225 e. The number of carbonyl (C=O) groups is 1. The number of benzene rings is 2. The number of hydrogen-bond donors (Lipinski definition) is 1. The van der Waals surface area contributed by atoms with E-state index in [1.165, 1.54) is 4.31 Å². The van der Waals surface area contributed by atoms with E-state index in [9.17, 15) is 13.2 Å². The van der Waals surface area contributed by atoms with Crippen molar-refractivity contribution in [1.82, 2.24) is 4.31 Å². The fourth-order valence-corrected chi connectivity index (χ4v) is 4.07. The van der Waals surface area contributed by atoms with E-state index in [0.29, 0.717) is 43.5 Å². The van der Waals surface area contributed by atoms with Crippen molar-refractivity contribution in [1.29, 1.82) is 0 Å². The Morgan fingerprint density at radius 2 is 1.70 bits per heavy atom. The topological polar surface area (TPSA) is 84.9 Å². The molecule has 0 spiro atoms. The van der Waals surface area contributed by atoms with Gasteiger partial charge in [0.25, 0.3) is 0 Å². The third kappa shape index (κ3) is 5.53. The van der Waals surface area contributed by atoms with E-state index in [1.54, 1.807) is 24.3 Å². The molecule has 1 saturated heterocycles. The van der Waals surface area contributed by atoms with Gasteiger partial charge in [0.1, 0.15) is 5.75 Å². The van der Waals surface area contributed by atoms with Crippen molar-refractivity contribution >= 4 is 21.6 Å². The van der Waals surface area contributed by atoms with E-state index in [2.05, 4.69) is 5.32 Å². The van der Waals surface area contributed by atoms with Crippen LogP contribution >= 0.6 is 0 Å². The highest BCUT2D eigenvalue weighted by Crippen LogP contribution is 2.29. The summed E-state index contributed by atoms with van der Waals surface area (Å²) >= 11 is 0. The zero-order chi connectivity index (χ0) is 19.1. The molecule has 0 aliphatic carbocycles. The Bertz CT molecular complexity index is 865. The maximum absolute atomic E-state index is 12.3. The monoisotopic (exact) mass is 390 g/mol. The van der Waals surface area contributed by atoms with Crippen molar-refractivity contribution < 1.29 is 22.7 Å². The molecule has 8 heteroatoms. The first kappa shape index (κ1) is 19.3. The summed E-state index contributed by atoms with van der Waals surface area (Å²) < 4.78 is 37.0. The highest BCUT2D eigenvalue weighted by Gasteiger charge is 2.25. The largest absolute Gasteiger partial charge is 0.455 e. The van der Waals surface area contributed by atoms with Crippen molar-refractivity contribution in [3.63, 3.8) is 0 Å². The SMILES string of the molecule is O=C(CCS(=O)(=O)N1CCOCC1)Nc1ccccc1Oc1ccccc1. The number of hydrogen-bond acceptors (Lipinski definition) is 5. The third-order valence-corrected chi connectivity index (χ3v) is 5.95. The zero-order valence-corrected chi connectivity index (χ0v) is 15.7. The molecule has 27 heavy (non-hydrogen) atoms. The van der Waals surface area contributed by atoms with Crippen molar-refractivity contribution in [3.05, 3.63) is 54.6 Å². The van der Waals surface area contributed by atoms with E-state index >= 15 is 0 Å². The molecule has 2 aromatic rings. The molecule has 1 aliphatic heterocycles. The number of amides is 1. The van der Waals surface area contributed by atoms with Crippen LogP contribution in [0.15, 0.2) is 54.6 Å². The van der Waals surface area contributed by atoms with Crippen LogP contribution in [0.5, 0.6) is 11.5 Å². The van der Waals surface area contributed by atoms with Crippen LogP contribution in [0.2, 0.25) is 0 Å². The highest BCUT2D eigenvalue weighted by atomic mass is 32.2. The molecule has 1 heterocycles. The Morgan fingerprint density at radius 1 is 1.04 bits per heavy atom. The van der Waals surface area contributed by atoms with Crippen LogP contribution < -0.4 is 10.1 Å². The predicted molar refractivity (Wildman–Crippen MR) is 102 cm³/mol. The van der Waals surface area contributed by atoms with E-state index in [4.69, 9.17) is 9.47 Å². The van der Waals surface area contributed by atoms with Gasteiger partial charge in [-0.3, -0.25) is 4.79 Å². The number of rotatable bonds is 7. The lowest BCUT2D eigenvalue weighted by Gasteiger charge is -2.25. The van der Waals surface area contributed by atoms with Crippen LogP contribution in [0.1, 0.15) is 6.42 Å². The second-order valence-corrected chi connectivity index (χ2v) is 8.13. The summed E-state index contributed by atoms with van der Waals surface area (Å²) in [6.07, 6.45) is -0.126. The number of morpholine rings is 1. The molecule has 0 aromatic heterocycles. The minimum atomic E-state index is -3.47. The van der Waals surface area contributed by atoms with Crippen LogP contribution in [0.3, 0.4) is 0 Å². The maximum atomic E-state index is 12.3. The van der Waals surface area contributed by atoms with Gasteiger partial charge in [-0.2, -0.15) is 4.31 Å². The van der Waals surface area contributed by atoms with Gasteiger partial charge in [0.05, 0.1) is 24.7 Å². The summed E-state index contributed by atoms with van der Waals surface area (Å²) in [5.74, 6) is 0.527. The molecule has 0 unspecified atom stereocenters. The molecule has 7 nitrogen and oxygen atoms in total. The summed E-state index contributed by atoms with van der Waals surface area (Å²) in [7, 11) is -3.47. The van der Waals surface area contributed by atoms with Crippen molar-refractivity contribution in [2.24, 2.45) is 0 Å². The fourth-order valence-electron chi connectivity index (χ4n) is 2.66. The molecule has 2 aromatic carbocycles. The fraction of sp³-hybridized carbons (Fsp3) is 0.316. The molecule has 1 aliphatic rings. The van der Waals surface area contributed by atoms with Gasteiger partial charge in [-0.05, 0) is 24.3 Å². The summed E-state index contributed by atoms with van der Waals surface area (Å²) in [6.45, 7) is 1.43. The first-order valence-electron chi connectivity index (χ1n) is 8.72. The molecule has 3 rings (SSSR count).